The first-order valence-electron chi connectivity index (χ1n) is 8.74. The Morgan fingerprint density at radius 2 is 1.92 bits per heavy atom. The lowest BCUT2D eigenvalue weighted by molar-refractivity contribution is -0.121. The van der Waals surface area contributed by atoms with Gasteiger partial charge in [0.2, 0.25) is 23.4 Å². The van der Waals surface area contributed by atoms with E-state index in [2.05, 4.69) is 43.6 Å². The van der Waals surface area contributed by atoms with Crippen molar-refractivity contribution in [2.75, 3.05) is 0 Å². The standard InChI is InChI=1S/C19H19N5O2/c25-16(22-15-7-6-13-4-1-2-5-14(13)12-15)8-9-17-23-19(24-26-17)18-20-10-3-11-21-18/h1-5,10-11,15H,6-9,12H2,(H,22,25)/t15-/m1/s1. The van der Waals surface area contributed by atoms with Crippen molar-refractivity contribution in [3.8, 4) is 11.6 Å². The Kier molecular flexibility index (Phi) is 4.68. The number of carbonyl (C=O) groups is 1. The number of amides is 1. The van der Waals surface area contributed by atoms with Gasteiger partial charge >= 0.3 is 0 Å². The Morgan fingerprint density at radius 1 is 1.12 bits per heavy atom. The molecule has 0 saturated heterocycles. The Bertz CT molecular complexity index is 894. The Hall–Kier alpha value is -3.09. The van der Waals surface area contributed by atoms with Crippen LogP contribution in [0.1, 0.15) is 29.9 Å². The van der Waals surface area contributed by atoms with Gasteiger partial charge in [-0.2, -0.15) is 4.98 Å². The van der Waals surface area contributed by atoms with Crippen molar-refractivity contribution in [2.45, 2.75) is 38.1 Å². The maximum absolute atomic E-state index is 12.2. The highest BCUT2D eigenvalue weighted by Gasteiger charge is 2.20. The molecule has 1 amide bonds. The molecule has 132 valence electrons. The second-order valence-corrected chi connectivity index (χ2v) is 6.36. The van der Waals surface area contributed by atoms with Crippen LogP contribution in [0, 0.1) is 0 Å². The minimum absolute atomic E-state index is 0.00472. The second kappa shape index (κ2) is 7.43. The molecule has 0 unspecified atom stereocenters. The van der Waals surface area contributed by atoms with E-state index < -0.39 is 0 Å². The molecular weight excluding hydrogens is 330 g/mol. The van der Waals surface area contributed by atoms with Gasteiger partial charge in [0.25, 0.3) is 0 Å². The fourth-order valence-electron chi connectivity index (χ4n) is 3.20. The van der Waals surface area contributed by atoms with E-state index in [-0.39, 0.29) is 11.9 Å². The van der Waals surface area contributed by atoms with Gasteiger partial charge in [0.1, 0.15) is 0 Å². The summed E-state index contributed by atoms with van der Waals surface area (Å²) in [6.07, 6.45) is 6.81. The molecule has 1 aromatic carbocycles. The van der Waals surface area contributed by atoms with Crippen LogP contribution in [0.2, 0.25) is 0 Å². The van der Waals surface area contributed by atoms with E-state index in [1.165, 1.54) is 11.1 Å². The topological polar surface area (TPSA) is 93.8 Å². The average molecular weight is 349 g/mol. The van der Waals surface area contributed by atoms with E-state index in [0.717, 1.165) is 19.3 Å². The van der Waals surface area contributed by atoms with E-state index in [4.69, 9.17) is 4.52 Å². The van der Waals surface area contributed by atoms with Gasteiger partial charge < -0.3 is 9.84 Å². The average Bonchev–Trinajstić information content (AvgIpc) is 3.16. The predicted molar refractivity (Wildman–Crippen MR) is 94.0 cm³/mol. The number of hydrogen-bond donors (Lipinski definition) is 1. The number of fused-ring (bicyclic) bond motifs is 1. The highest BCUT2D eigenvalue weighted by molar-refractivity contribution is 5.76. The van der Waals surface area contributed by atoms with Gasteiger partial charge in [-0.15, -0.1) is 0 Å². The van der Waals surface area contributed by atoms with Crippen molar-refractivity contribution in [3.63, 3.8) is 0 Å². The Balaban J connectivity index is 1.29. The minimum atomic E-state index is 0.00472. The zero-order valence-corrected chi connectivity index (χ0v) is 14.3. The first-order valence-corrected chi connectivity index (χ1v) is 8.74. The van der Waals surface area contributed by atoms with Crippen LogP contribution in [0.3, 0.4) is 0 Å². The number of aromatic nitrogens is 4. The summed E-state index contributed by atoms with van der Waals surface area (Å²) in [5, 5.41) is 6.98. The summed E-state index contributed by atoms with van der Waals surface area (Å²) in [5.74, 6) is 1.17. The monoisotopic (exact) mass is 349 g/mol. The summed E-state index contributed by atoms with van der Waals surface area (Å²) in [5.41, 5.74) is 2.72. The van der Waals surface area contributed by atoms with Gasteiger partial charge in [0.05, 0.1) is 0 Å². The van der Waals surface area contributed by atoms with Gasteiger partial charge in [0.15, 0.2) is 0 Å². The van der Waals surface area contributed by atoms with Crippen LogP contribution in [0.15, 0.2) is 47.2 Å². The van der Waals surface area contributed by atoms with Gasteiger partial charge in [-0.3, -0.25) is 4.79 Å². The molecule has 7 heteroatoms. The second-order valence-electron chi connectivity index (χ2n) is 6.36. The highest BCUT2D eigenvalue weighted by atomic mass is 16.5. The zero-order valence-electron chi connectivity index (χ0n) is 14.3. The molecule has 0 saturated carbocycles. The van der Waals surface area contributed by atoms with Crippen LogP contribution in [0.5, 0.6) is 0 Å². The lowest BCUT2D eigenvalue weighted by Gasteiger charge is -2.25. The van der Waals surface area contributed by atoms with Crippen molar-refractivity contribution in [3.05, 3.63) is 59.7 Å². The van der Waals surface area contributed by atoms with Crippen molar-refractivity contribution in [1.82, 2.24) is 25.4 Å². The number of rotatable bonds is 5. The van der Waals surface area contributed by atoms with Crippen molar-refractivity contribution in [1.29, 1.82) is 0 Å². The highest BCUT2D eigenvalue weighted by Crippen LogP contribution is 2.21. The maximum Gasteiger partial charge on any atom is 0.240 e. The molecule has 3 aromatic rings. The van der Waals surface area contributed by atoms with Gasteiger partial charge in [0, 0.05) is 31.3 Å². The largest absolute Gasteiger partial charge is 0.353 e. The lowest BCUT2D eigenvalue weighted by atomic mass is 9.88. The Labute approximate surface area is 150 Å². The van der Waals surface area contributed by atoms with Crippen LogP contribution in [-0.2, 0) is 24.1 Å². The maximum atomic E-state index is 12.2. The van der Waals surface area contributed by atoms with E-state index in [0.29, 0.717) is 30.4 Å². The fraction of sp³-hybridized carbons (Fsp3) is 0.316. The molecule has 0 spiro atoms. The molecule has 1 aliphatic rings. The SMILES string of the molecule is O=C(CCc1nc(-c2ncccn2)no1)N[C@@H]1CCc2ccccc2C1. The fourth-order valence-corrected chi connectivity index (χ4v) is 3.20. The van der Waals surface area contributed by atoms with E-state index in [1.54, 1.807) is 18.5 Å². The summed E-state index contributed by atoms with van der Waals surface area (Å²) in [6.45, 7) is 0. The third-order valence-corrected chi connectivity index (χ3v) is 4.51. The van der Waals surface area contributed by atoms with Crippen LogP contribution in [-0.4, -0.2) is 32.1 Å². The van der Waals surface area contributed by atoms with Crippen LogP contribution in [0.25, 0.3) is 11.6 Å². The third kappa shape index (κ3) is 3.77. The number of nitrogens with zero attached hydrogens (tertiary/aromatic N) is 4. The number of hydrogen-bond acceptors (Lipinski definition) is 6. The van der Waals surface area contributed by atoms with Crippen molar-refractivity contribution >= 4 is 5.91 Å². The molecule has 2 aromatic heterocycles. The number of nitrogens with one attached hydrogen (secondary N) is 1. The van der Waals surface area contributed by atoms with E-state index in [9.17, 15) is 4.79 Å². The zero-order chi connectivity index (χ0) is 17.8. The minimum Gasteiger partial charge on any atom is -0.353 e. The summed E-state index contributed by atoms with van der Waals surface area (Å²) < 4.78 is 5.18. The van der Waals surface area contributed by atoms with Gasteiger partial charge in [-0.05, 0) is 36.5 Å². The van der Waals surface area contributed by atoms with Crippen LogP contribution < -0.4 is 5.32 Å². The van der Waals surface area contributed by atoms with Crippen LogP contribution >= 0.6 is 0 Å². The first-order chi connectivity index (χ1) is 12.8. The van der Waals surface area contributed by atoms with Crippen molar-refractivity contribution < 1.29 is 9.32 Å². The van der Waals surface area contributed by atoms with E-state index >= 15 is 0 Å². The number of benzene rings is 1. The molecule has 1 aliphatic carbocycles. The van der Waals surface area contributed by atoms with Crippen molar-refractivity contribution in [2.24, 2.45) is 0 Å². The Morgan fingerprint density at radius 3 is 2.77 bits per heavy atom. The molecule has 0 bridgehead atoms. The van der Waals surface area contributed by atoms with Gasteiger partial charge in [-0.1, -0.05) is 29.4 Å². The number of carbonyl (C=O) groups excluding carboxylic acids is 1. The predicted octanol–water partition coefficient (Wildman–Crippen LogP) is 2.13. The molecular formula is C19H19N5O2. The molecule has 0 fully saturated rings. The molecule has 7 nitrogen and oxygen atoms in total. The summed E-state index contributed by atoms with van der Waals surface area (Å²) in [6, 6.07) is 10.3. The molecule has 0 aliphatic heterocycles. The molecule has 2 heterocycles. The quantitative estimate of drug-likeness (QED) is 0.758. The molecule has 4 rings (SSSR count). The van der Waals surface area contributed by atoms with Crippen LogP contribution in [0.4, 0.5) is 0 Å². The summed E-state index contributed by atoms with van der Waals surface area (Å²) in [4.78, 5) is 24.6. The molecule has 1 atom stereocenters. The molecule has 26 heavy (non-hydrogen) atoms. The first kappa shape index (κ1) is 16.4. The smallest absolute Gasteiger partial charge is 0.240 e. The number of aryl methyl sites for hydroxylation is 2. The third-order valence-electron chi connectivity index (χ3n) is 4.51. The van der Waals surface area contributed by atoms with E-state index in [1.807, 2.05) is 6.07 Å². The lowest BCUT2D eigenvalue weighted by Crippen LogP contribution is -2.38. The van der Waals surface area contributed by atoms with Gasteiger partial charge in [-0.25, -0.2) is 9.97 Å². The molecule has 0 radical (unpaired) electrons. The summed E-state index contributed by atoms with van der Waals surface area (Å²) in [7, 11) is 0. The summed E-state index contributed by atoms with van der Waals surface area (Å²) >= 11 is 0. The normalized spacial score (nSPS) is 16.1. The molecule has 1 N–H and O–H groups in total.